The van der Waals surface area contributed by atoms with E-state index in [4.69, 9.17) is 5.73 Å². The van der Waals surface area contributed by atoms with E-state index in [9.17, 15) is 0 Å². The summed E-state index contributed by atoms with van der Waals surface area (Å²) in [6, 6.07) is 2.42. The van der Waals surface area contributed by atoms with Gasteiger partial charge in [-0.15, -0.1) is 0 Å². The van der Waals surface area contributed by atoms with Crippen molar-refractivity contribution in [3.05, 3.63) is 11.6 Å². The van der Waals surface area contributed by atoms with Crippen LogP contribution >= 0.6 is 0 Å². The molecule has 2 N–H and O–H groups in total. The average molecular weight is 137 g/mol. The van der Waals surface area contributed by atoms with Crippen molar-refractivity contribution in [2.75, 3.05) is 0 Å². The van der Waals surface area contributed by atoms with Gasteiger partial charge in [0.1, 0.15) is 0 Å². The summed E-state index contributed by atoms with van der Waals surface area (Å²) in [5.41, 5.74) is 6.24. The van der Waals surface area contributed by atoms with E-state index in [1.165, 1.54) is 0 Å². The van der Waals surface area contributed by atoms with Crippen LogP contribution in [0.25, 0.3) is 0 Å². The third-order valence-corrected chi connectivity index (χ3v) is 1.67. The summed E-state index contributed by atoms with van der Waals surface area (Å²) in [6.07, 6.45) is 3.14. The minimum atomic E-state index is 0.543. The zero-order valence-electron chi connectivity index (χ0n) is 6.94. The van der Waals surface area contributed by atoms with E-state index in [2.05, 4.69) is 25.8 Å². The summed E-state index contributed by atoms with van der Waals surface area (Å²) in [5.74, 6) is 3.41. The Morgan fingerprint density at radius 3 is 2.60 bits per heavy atom. The summed E-state index contributed by atoms with van der Waals surface area (Å²) in [7, 11) is 0. The van der Waals surface area contributed by atoms with Crippen LogP contribution in [0.5, 0.6) is 0 Å². The molecule has 0 rings (SSSR count). The second-order valence-electron chi connectivity index (χ2n) is 2.32. The van der Waals surface area contributed by atoms with Gasteiger partial charge in [0.05, 0.1) is 0 Å². The Morgan fingerprint density at radius 2 is 2.30 bits per heavy atom. The summed E-state index contributed by atoms with van der Waals surface area (Å²) in [5, 5.41) is 0. The first-order valence-electron chi connectivity index (χ1n) is 3.64. The highest BCUT2D eigenvalue weighted by Gasteiger charge is 2.00. The van der Waals surface area contributed by atoms with E-state index >= 15 is 0 Å². The molecule has 0 aromatic heterocycles. The van der Waals surface area contributed by atoms with Crippen molar-refractivity contribution < 1.29 is 0 Å². The number of hydrogen-bond acceptors (Lipinski definition) is 1. The SMILES string of the molecule is C/C=C(/C#CN)C(C)CC. The molecular weight excluding hydrogens is 122 g/mol. The zero-order chi connectivity index (χ0) is 7.98. The average Bonchev–Trinajstić information content (AvgIpc) is 1.99. The standard InChI is InChI=1S/C9H15N/c1-4-8(3)9(5-2)6-7-10/h5,8H,4,10H2,1-3H3/b9-5-. The molecule has 1 unspecified atom stereocenters. The quantitative estimate of drug-likeness (QED) is 0.456. The Bertz CT molecular complexity index is 169. The van der Waals surface area contributed by atoms with Crippen LogP contribution in [0.2, 0.25) is 0 Å². The Kier molecular flexibility index (Phi) is 4.49. The van der Waals surface area contributed by atoms with Crippen LogP contribution < -0.4 is 5.73 Å². The molecule has 0 spiro atoms. The maximum Gasteiger partial charge on any atom is 0.00665 e. The van der Waals surface area contributed by atoms with Crippen molar-refractivity contribution in [2.45, 2.75) is 27.2 Å². The van der Waals surface area contributed by atoms with Gasteiger partial charge in [0.25, 0.3) is 0 Å². The maximum atomic E-state index is 5.10. The molecule has 0 radical (unpaired) electrons. The van der Waals surface area contributed by atoms with Crippen LogP contribution in [-0.2, 0) is 0 Å². The summed E-state index contributed by atoms with van der Waals surface area (Å²) >= 11 is 0. The van der Waals surface area contributed by atoms with Gasteiger partial charge in [-0.1, -0.05) is 19.9 Å². The first-order chi connectivity index (χ1) is 4.76. The Hall–Kier alpha value is -0.900. The molecule has 0 saturated heterocycles. The minimum absolute atomic E-state index is 0.543. The molecule has 1 nitrogen and oxygen atoms in total. The predicted octanol–water partition coefficient (Wildman–Crippen LogP) is 1.90. The van der Waals surface area contributed by atoms with Crippen molar-refractivity contribution >= 4 is 0 Å². The van der Waals surface area contributed by atoms with Crippen LogP contribution in [0, 0.1) is 17.9 Å². The Balaban J connectivity index is 4.18. The van der Waals surface area contributed by atoms with E-state index in [0.29, 0.717) is 5.92 Å². The molecule has 0 bridgehead atoms. The van der Waals surface area contributed by atoms with E-state index in [-0.39, 0.29) is 0 Å². The Morgan fingerprint density at radius 1 is 1.70 bits per heavy atom. The van der Waals surface area contributed by atoms with Gasteiger partial charge in [0.2, 0.25) is 0 Å². The van der Waals surface area contributed by atoms with Crippen molar-refractivity contribution in [1.29, 1.82) is 0 Å². The first-order valence-corrected chi connectivity index (χ1v) is 3.64. The highest BCUT2D eigenvalue weighted by Crippen LogP contribution is 2.12. The van der Waals surface area contributed by atoms with Gasteiger partial charge >= 0.3 is 0 Å². The summed E-state index contributed by atoms with van der Waals surface area (Å²) < 4.78 is 0. The fourth-order valence-electron chi connectivity index (χ4n) is 0.783. The van der Waals surface area contributed by atoms with E-state index < -0.39 is 0 Å². The first kappa shape index (κ1) is 9.10. The van der Waals surface area contributed by atoms with Gasteiger partial charge in [-0.25, -0.2) is 0 Å². The van der Waals surface area contributed by atoms with Crippen molar-refractivity contribution in [3.63, 3.8) is 0 Å². The summed E-state index contributed by atoms with van der Waals surface area (Å²) in [4.78, 5) is 0. The second kappa shape index (κ2) is 4.93. The fraction of sp³-hybridized carbons (Fsp3) is 0.556. The molecular formula is C9H15N. The molecule has 1 atom stereocenters. The lowest BCUT2D eigenvalue weighted by Gasteiger charge is -2.05. The van der Waals surface area contributed by atoms with Gasteiger partial charge < -0.3 is 5.73 Å². The van der Waals surface area contributed by atoms with Crippen LogP contribution in [0.4, 0.5) is 0 Å². The highest BCUT2D eigenvalue weighted by molar-refractivity contribution is 5.28. The van der Waals surface area contributed by atoms with Gasteiger partial charge in [-0.2, -0.15) is 0 Å². The lowest BCUT2D eigenvalue weighted by atomic mass is 9.99. The molecule has 1 heteroatoms. The largest absolute Gasteiger partial charge is 0.359 e. The molecule has 0 aromatic rings. The molecule has 0 aliphatic heterocycles. The third-order valence-electron chi connectivity index (χ3n) is 1.67. The Labute approximate surface area is 63.3 Å². The lowest BCUT2D eigenvalue weighted by molar-refractivity contribution is 0.674. The number of nitrogens with two attached hydrogens (primary N) is 1. The van der Waals surface area contributed by atoms with E-state index in [1.807, 2.05) is 13.0 Å². The maximum absolute atomic E-state index is 5.10. The topological polar surface area (TPSA) is 26.0 Å². The number of allylic oxidation sites excluding steroid dienone is 2. The predicted molar refractivity (Wildman–Crippen MR) is 45.2 cm³/mol. The number of rotatable bonds is 2. The molecule has 0 aliphatic carbocycles. The van der Waals surface area contributed by atoms with Crippen LogP contribution in [0.1, 0.15) is 27.2 Å². The van der Waals surface area contributed by atoms with Crippen LogP contribution in [-0.4, -0.2) is 0 Å². The van der Waals surface area contributed by atoms with E-state index in [1.54, 1.807) is 0 Å². The van der Waals surface area contributed by atoms with Crippen molar-refractivity contribution in [3.8, 4) is 12.0 Å². The molecule has 56 valence electrons. The third kappa shape index (κ3) is 2.59. The second-order valence-corrected chi connectivity index (χ2v) is 2.32. The number of hydrogen-bond donors (Lipinski definition) is 1. The van der Waals surface area contributed by atoms with Gasteiger partial charge in [-0.05, 0) is 25.2 Å². The van der Waals surface area contributed by atoms with Gasteiger partial charge in [0, 0.05) is 11.6 Å². The van der Waals surface area contributed by atoms with Crippen molar-refractivity contribution in [1.82, 2.24) is 0 Å². The van der Waals surface area contributed by atoms with Crippen LogP contribution in [0.15, 0.2) is 11.6 Å². The van der Waals surface area contributed by atoms with Gasteiger partial charge in [-0.3, -0.25) is 0 Å². The monoisotopic (exact) mass is 137 g/mol. The van der Waals surface area contributed by atoms with Crippen LogP contribution in [0.3, 0.4) is 0 Å². The molecule has 0 aliphatic rings. The minimum Gasteiger partial charge on any atom is -0.359 e. The summed E-state index contributed by atoms with van der Waals surface area (Å²) in [6.45, 7) is 6.29. The van der Waals surface area contributed by atoms with Crippen molar-refractivity contribution in [2.24, 2.45) is 11.7 Å². The normalized spacial score (nSPS) is 13.7. The molecule has 0 saturated carbocycles. The zero-order valence-corrected chi connectivity index (χ0v) is 6.94. The molecule has 0 fully saturated rings. The highest BCUT2D eigenvalue weighted by atomic mass is 14.5. The smallest absolute Gasteiger partial charge is 0.00665 e. The molecule has 0 amide bonds. The fourth-order valence-corrected chi connectivity index (χ4v) is 0.783. The lowest BCUT2D eigenvalue weighted by Crippen LogP contribution is -1.95. The molecule has 10 heavy (non-hydrogen) atoms. The van der Waals surface area contributed by atoms with Gasteiger partial charge in [0.15, 0.2) is 0 Å². The molecule has 0 aromatic carbocycles. The van der Waals surface area contributed by atoms with E-state index in [0.717, 1.165) is 12.0 Å². The molecule has 0 heterocycles.